The van der Waals surface area contributed by atoms with Crippen LogP contribution in [0.4, 0.5) is 19.0 Å². The number of nitrogens with zero attached hydrogens (tertiary/aromatic N) is 5. The highest BCUT2D eigenvalue weighted by molar-refractivity contribution is 6.31. The molecule has 0 aromatic carbocycles. The Kier molecular flexibility index (Phi) is 4.93. The molecule has 0 spiro atoms. The molecule has 0 atom stereocenters. The molecule has 1 N–H and O–H groups in total. The van der Waals surface area contributed by atoms with Gasteiger partial charge in [0.1, 0.15) is 5.82 Å². The van der Waals surface area contributed by atoms with E-state index < -0.39 is 28.3 Å². The number of ether oxygens (including phenoxy) is 1. The number of nitrogens with one attached hydrogen (secondary N) is 1. The van der Waals surface area contributed by atoms with Crippen LogP contribution in [0.15, 0.2) is 55.4 Å². The average molecular weight is 475 g/mol. The minimum Gasteiger partial charge on any atom is -0.461 e. The Balaban J connectivity index is 1.31. The van der Waals surface area contributed by atoms with E-state index in [2.05, 4.69) is 25.3 Å². The lowest BCUT2D eigenvalue weighted by atomic mass is 10.2. The molecule has 0 bridgehead atoms. The summed E-state index contributed by atoms with van der Waals surface area (Å²) in [5, 5.41) is 1.83. The fourth-order valence-electron chi connectivity index (χ4n) is 3.29. The monoisotopic (exact) mass is 474 g/mol. The number of carbonyl (C=O) groups excluding carboxylic acids is 1. The van der Waals surface area contributed by atoms with Crippen molar-refractivity contribution in [1.82, 2.24) is 24.3 Å². The van der Waals surface area contributed by atoms with E-state index in [1.807, 2.05) is 4.40 Å². The molecule has 4 aromatic rings. The molecule has 0 aliphatic heterocycles. The van der Waals surface area contributed by atoms with Gasteiger partial charge in [0.25, 0.3) is 5.91 Å². The van der Waals surface area contributed by atoms with E-state index in [0.29, 0.717) is 24.6 Å². The maximum Gasteiger partial charge on any atom is 0.418 e. The van der Waals surface area contributed by atoms with Gasteiger partial charge in [-0.3, -0.25) is 14.2 Å². The van der Waals surface area contributed by atoms with Gasteiger partial charge < -0.3 is 10.1 Å². The number of pyridine rings is 2. The van der Waals surface area contributed by atoms with Crippen LogP contribution in [0.5, 0.6) is 5.88 Å². The Morgan fingerprint density at radius 1 is 1.12 bits per heavy atom. The summed E-state index contributed by atoms with van der Waals surface area (Å²) in [5.41, 5.74) is -0.0324. The van der Waals surface area contributed by atoms with Crippen molar-refractivity contribution in [2.24, 2.45) is 0 Å². The maximum atomic E-state index is 13.1. The summed E-state index contributed by atoms with van der Waals surface area (Å²) in [5.74, 6) is -0.662. The van der Waals surface area contributed by atoms with Crippen molar-refractivity contribution in [3.8, 4) is 17.1 Å². The summed E-state index contributed by atoms with van der Waals surface area (Å²) in [7, 11) is 0. The Labute approximate surface area is 189 Å². The molecule has 1 fully saturated rings. The molecule has 4 heterocycles. The van der Waals surface area contributed by atoms with Crippen LogP contribution in [0.2, 0.25) is 5.02 Å². The Bertz CT molecular complexity index is 1350. The van der Waals surface area contributed by atoms with Crippen LogP contribution in [0.1, 0.15) is 18.4 Å². The van der Waals surface area contributed by atoms with Gasteiger partial charge in [0.2, 0.25) is 5.88 Å². The smallest absolute Gasteiger partial charge is 0.418 e. The molecule has 5 rings (SSSR count). The highest BCUT2D eigenvalue weighted by Crippen LogP contribution is 2.41. The van der Waals surface area contributed by atoms with Crippen molar-refractivity contribution in [3.63, 3.8) is 0 Å². The van der Waals surface area contributed by atoms with Crippen LogP contribution >= 0.6 is 11.6 Å². The minimum absolute atomic E-state index is 0.210. The molecule has 1 aliphatic rings. The third-order valence-corrected chi connectivity index (χ3v) is 5.47. The summed E-state index contributed by atoms with van der Waals surface area (Å²) in [6.07, 6.45) is 5.30. The van der Waals surface area contributed by atoms with Gasteiger partial charge in [0.15, 0.2) is 11.2 Å². The first-order valence-corrected chi connectivity index (χ1v) is 10.1. The molecule has 4 aromatic heterocycles. The van der Waals surface area contributed by atoms with Crippen molar-refractivity contribution in [2.45, 2.75) is 24.6 Å². The molecule has 33 heavy (non-hydrogen) atoms. The lowest BCUT2D eigenvalue weighted by Gasteiger charge is -2.17. The number of rotatable bonds is 5. The zero-order valence-electron chi connectivity index (χ0n) is 16.7. The Hall–Kier alpha value is -3.73. The Morgan fingerprint density at radius 2 is 1.94 bits per heavy atom. The van der Waals surface area contributed by atoms with Crippen LogP contribution in [-0.2, 0) is 11.0 Å². The second-order valence-corrected chi connectivity index (χ2v) is 7.84. The van der Waals surface area contributed by atoms with E-state index in [0.717, 1.165) is 17.5 Å². The van der Waals surface area contributed by atoms with Gasteiger partial charge in [-0.2, -0.15) is 13.2 Å². The first kappa shape index (κ1) is 21.1. The first-order chi connectivity index (χ1) is 15.7. The summed E-state index contributed by atoms with van der Waals surface area (Å²) in [6, 6.07) is 4.08. The number of hydrogen-bond donors (Lipinski definition) is 1. The van der Waals surface area contributed by atoms with Crippen LogP contribution in [0, 0.1) is 0 Å². The van der Waals surface area contributed by atoms with Crippen LogP contribution in [-0.4, -0.2) is 35.8 Å². The molecule has 0 radical (unpaired) electrons. The number of fused-ring (bicyclic) bond motifs is 1. The second-order valence-electron chi connectivity index (χ2n) is 7.43. The standard InChI is InChI=1S/C21H14ClF3N6O2/c22-14-9-27-16(7-13(14)21(23,24)25)30-19(32)20(3-4-20)33-18-2-1-12(8-29-18)15-10-28-17-11-26-5-6-31(15)17/h1-2,5-11H,3-4H2,(H,27,30,32). The van der Waals surface area contributed by atoms with Gasteiger partial charge in [-0.15, -0.1) is 0 Å². The van der Waals surface area contributed by atoms with E-state index in [1.165, 1.54) is 0 Å². The zero-order valence-corrected chi connectivity index (χ0v) is 17.4. The van der Waals surface area contributed by atoms with Gasteiger partial charge in [0.05, 0.1) is 28.7 Å². The van der Waals surface area contributed by atoms with Crippen LogP contribution < -0.4 is 10.1 Å². The number of carbonyl (C=O) groups is 1. The van der Waals surface area contributed by atoms with Crippen molar-refractivity contribution < 1.29 is 22.7 Å². The number of hydrogen-bond acceptors (Lipinski definition) is 6. The van der Waals surface area contributed by atoms with E-state index >= 15 is 0 Å². The topological polar surface area (TPSA) is 94.3 Å². The van der Waals surface area contributed by atoms with E-state index in [9.17, 15) is 18.0 Å². The number of halogens is 4. The molecule has 0 unspecified atom stereocenters. The van der Waals surface area contributed by atoms with Crippen molar-refractivity contribution in [3.05, 3.63) is 66.0 Å². The van der Waals surface area contributed by atoms with Gasteiger partial charge in [0, 0.05) is 49.3 Å². The predicted molar refractivity (Wildman–Crippen MR) is 112 cm³/mol. The summed E-state index contributed by atoms with van der Waals surface area (Å²) in [4.78, 5) is 29.0. The quantitative estimate of drug-likeness (QED) is 0.460. The normalized spacial score (nSPS) is 14.8. The lowest BCUT2D eigenvalue weighted by molar-refractivity contribution is -0.137. The summed E-state index contributed by atoms with van der Waals surface area (Å²) < 4.78 is 46.8. The Morgan fingerprint density at radius 3 is 2.64 bits per heavy atom. The number of anilines is 1. The van der Waals surface area contributed by atoms with Gasteiger partial charge >= 0.3 is 6.18 Å². The van der Waals surface area contributed by atoms with Crippen molar-refractivity contribution in [2.75, 3.05) is 5.32 Å². The molecule has 1 aliphatic carbocycles. The molecule has 1 saturated carbocycles. The zero-order chi connectivity index (χ0) is 23.2. The summed E-state index contributed by atoms with van der Waals surface area (Å²) >= 11 is 5.57. The maximum absolute atomic E-state index is 13.1. The average Bonchev–Trinajstić information content (AvgIpc) is 3.45. The molecular formula is C21H14ClF3N6O2. The molecule has 1 amide bonds. The second kappa shape index (κ2) is 7.69. The van der Waals surface area contributed by atoms with Crippen molar-refractivity contribution >= 4 is 29.0 Å². The molecule has 8 nitrogen and oxygen atoms in total. The fraction of sp³-hybridized carbons (Fsp3) is 0.190. The minimum atomic E-state index is -4.67. The first-order valence-electron chi connectivity index (χ1n) is 9.72. The van der Waals surface area contributed by atoms with Crippen LogP contribution in [0.3, 0.4) is 0 Å². The molecule has 12 heteroatoms. The summed E-state index contributed by atoms with van der Waals surface area (Å²) in [6.45, 7) is 0. The number of aromatic nitrogens is 5. The SMILES string of the molecule is O=C(Nc1cc(C(F)(F)F)c(Cl)cn1)C1(Oc2ccc(-c3cnc4cnccn34)cn2)CC1. The van der Waals surface area contributed by atoms with Crippen LogP contribution in [0.25, 0.3) is 16.9 Å². The fourth-order valence-corrected chi connectivity index (χ4v) is 3.50. The van der Waals surface area contributed by atoms with E-state index in [1.54, 1.807) is 43.1 Å². The third-order valence-electron chi connectivity index (χ3n) is 5.17. The number of imidazole rings is 1. The van der Waals surface area contributed by atoms with E-state index in [4.69, 9.17) is 16.3 Å². The number of amides is 1. The molecular weight excluding hydrogens is 461 g/mol. The third kappa shape index (κ3) is 4.07. The highest BCUT2D eigenvalue weighted by Gasteiger charge is 2.53. The number of alkyl halides is 3. The van der Waals surface area contributed by atoms with Crippen molar-refractivity contribution in [1.29, 1.82) is 0 Å². The van der Waals surface area contributed by atoms with E-state index in [-0.39, 0.29) is 11.7 Å². The van der Waals surface area contributed by atoms with Gasteiger partial charge in [-0.25, -0.2) is 15.0 Å². The van der Waals surface area contributed by atoms with Gasteiger partial charge in [-0.1, -0.05) is 11.6 Å². The largest absolute Gasteiger partial charge is 0.461 e. The lowest BCUT2D eigenvalue weighted by Crippen LogP contribution is -2.35. The predicted octanol–water partition coefficient (Wildman–Crippen LogP) is 4.41. The van der Waals surface area contributed by atoms with Gasteiger partial charge in [-0.05, 0) is 12.1 Å². The molecule has 168 valence electrons. The molecule has 0 saturated heterocycles. The highest BCUT2D eigenvalue weighted by atomic mass is 35.5.